The van der Waals surface area contributed by atoms with Gasteiger partial charge in [-0.15, -0.1) is 0 Å². The second-order valence-corrected chi connectivity index (χ2v) is 3.52. The average molecular weight is 211 g/mol. The van der Waals surface area contributed by atoms with Crippen LogP contribution in [-0.2, 0) is 6.42 Å². The number of aryl methyl sites for hydroxylation is 1. The molecule has 0 unspecified atom stereocenters. The van der Waals surface area contributed by atoms with Crippen molar-refractivity contribution in [2.24, 2.45) is 0 Å². The van der Waals surface area contributed by atoms with Gasteiger partial charge in [0.2, 0.25) is 0 Å². The molecule has 0 spiro atoms. The monoisotopic (exact) mass is 210 g/mol. The molecule has 0 aliphatic heterocycles. The van der Waals surface area contributed by atoms with Crippen LogP contribution in [0.15, 0.2) is 24.5 Å². The molecule has 0 bridgehead atoms. The van der Waals surface area contributed by atoms with Gasteiger partial charge in [0.25, 0.3) is 0 Å². The highest BCUT2D eigenvalue weighted by atomic mass is 35.5. The van der Waals surface area contributed by atoms with Crippen molar-refractivity contribution in [3.63, 3.8) is 0 Å². The minimum atomic E-state index is 0.190. The van der Waals surface area contributed by atoms with Gasteiger partial charge in [0.15, 0.2) is 0 Å². The third-order valence-corrected chi connectivity index (χ3v) is 2.47. The molecule has 2 aromatic heterocycles. The minimum absolute atomic E-state index is 0.190. The van der Waals surface area contributed by atoms with Crippen LogP contribution in [-0.4, -0.2) is 21.1 Å². The van der Waals surface area contributed by atoms with E-state index in [1.165, 1.54) is 0 Å². The zero-order chi connectivity index (χ0) is 9.97. The number of pyridine rings is 1. The second-order valence-electron chi connectivity index (χ2n) is 3.11. The molecule has 0 aliphatic carbocycles. The largest absolute Gasteiger partial charge is 0.396 e. The van der Waals surface area contributed by atoms with Crippen molar-refractivity contribution in [1.29, 1.82) is 0 Å². The minimum Gasteiger partial charge on any atom is -0.396 e. The highest BCUT2D eigenvalue weighted by molar-refractivity contribution is 6.33. The van der Waals surface area contributed by atoms with Crippen molar-refractivity contribution >= 4 is 17.1 Å². The van der Waals surface area contributed by atoms with Crippen molar-refractivity contribution in [1.82, 2.24) is 9.38 Å². The van der Waals surface area contributed by atoms with Gasteiger partial charge < -0.3 is 9.51 Å². The fourth-order valence-electron chi connectivity index (χ4n) is 1.46. The number of aliphatic hydroxyl groups excluding tert-OH is 1. The Morgan fingerprint density at radius 1 is 1.50 bits per heavy atom. The molecule has 74 valence electrons. The smallest absolute Gasteiger partial charge is 0.113 e. The van der Waals surface area contributed by atoms with Crippen LogP contribution in [0.25, 0.3) is 5.52 Å². The van der Waals surface area contributed by atoms with Gasteiger partial charge in [0.1, 0.15) is 5.82 Å². The number of aromatic nitrogens is 2. The molecule has 14 heavy (non-hydrogen) atoms. The van der Waals surface area contributed by atoms with Crippen LogP contribution in [0.4, 0.5) is 0 Å². The summed E-state index contributed by atoms with van der Waals surface area (Å²) in [5.41, 5.74) is 0.919. The van der Waals surface area contributed by atoms with E-state index in [9.17, 15) is 0 Å². The highest BCUT2D eigenvalue weighted by Crippen LogP contribution is 2.18. The van der Waals surface area contributed by atoms with Crippen molar-refractivity contribution < 1.29 is 5.11 Å². The van der Waals surface area contributed by atoms with E-state index in [0.717, 1.165) is 24.2 Å². The lowest BCUT2D eigenvalue weighted by molar-refractivity contribution is 0.287. The number of hydrogen-bond donors (Lipinski definition) is 1. The molecule has 0 fully saturated rings. The van der Waals surface area contributed by atoms with Gasteiger partial charge >= 0.3 is 0 Å². The van der Waals surface area contributed by atoms with Gasteiger partial charge in [-0.25, -0.2) is 4.98 Å². The molecule has 0 radical (unpaired) electrons. The first-order valence-electron chi connectivity index (χ1n) is 4.54. The van der Waals surface area contributed by atoms with E-state index in [4.69, 9.17) is 16.7 Å². The zero-order valence-electron chi connectivity index (χ0n) is 7.65. The Labute approximate surface area is 87.0 Å². The summed E-state index contributed by atoms with van der Waals surface area (Å²) in [5.74, 6) is 0.941. The molecule has 0 aliphatic rings. The van der Waals surface area contributed by atoms with E-state index in [0.29, 0.717) is 5.02 Å². The summed E-state index contributed by atoms with van der Waals surface area (Å²) in [6.07, 6.45) is 5.19. The maximum absolute atomic E-state index is 8.73. The molecule has 4 heteroatoms. The molecule has 0 atom stereocenters. The first kappa shape index (κ1) is 9.49. The maximum atomic E-state index is 8.73. The second kappa shape index (κ2) is 3.98. The molecule has 3 nitrogen and oxygen atoms in total. The molecular formula is C10H11ClN2O. The molecular weight excluding hydrogens is 200 g/mol. The summed E-state index contributed by atoms with van der Waals surface area (Å²) >= 11 is 5.99. The number of halogens is 1. The van der Waals surface area contributed by atoms with Gasteiger partial charge in [-0.2, -0.15) is 0 Å². The van der Waals surface area contributed by atoms with Crippen molar-refractivity contribution in [3.8, 4) is 0 Å². The lowest BCUT2D eigenvalue weighted by Crippen LogP contribution is -1.96. The first-order chi connectivity index (χ1) is 6.83. The lowest BCUT2D eigenvalue weighted by Gasteiger charge is -2.00. The Kier molecular flexibility index (Phi) is 2.70. The molecule has 0 saturated heterocycles. The lowest BCUT2D eigenvalue weighted by atomic mass is 10.3. The van der Waals surface area contributed by atoms with Crippen LogP contribution < -0.4 is 0 Å². The molecule has 2 aromatic rings. The third-order valence-electron chi connectivity index (χ3n) is 2.15. The third kappa shape index (κ3) is 1.61. The number of hydrogen-bond acceptors (Lipinski definition) is 2. The van der Waals surface area contributed by atoms with E-state index >= 15 is 0 Å². The summed E-state index contributed by atoms with van der Waals surface area (Å²) < 4.78 is 1.96. The van der Waals surface area contributed by atoms with E-state index < -0.39 is 0 Å². The molecule has 0 aromatic carbocycles. The average Bonchev–Trinajstić information content (AvgIpc) is 2.60. The molecule has 1 N–H and O–H groups in total. The van der Waals surface area contributed by atoms with Crippen LogP contribution in [0, 0.1) is 0 Å². The van der Waals surface area contributed by atoms with Crippen molar-refractivity contribution in [3.05, 3.63) is 35.4 Å². The van der Waals surface area contributed by atoms with Crippen molar-refractivity contribution in [2.45, 2.75) is 12.8 Å². The summed E-state index contributed by atoms with van der Waals surface area (Å²) in [6, 6.07) is 3.73. The van der Waals surface area contributed by atoms with Gasteiger partial charge in [-0.3, -0.25) is 0 Å². The van der Waals surface area contributed by atoms with E-state index in [1.807, 2.05) is 22.7 Å². The Balaban J connectivity index is 2.42. The summed E-state index contributed by atoms with van der Waals surface area (Å²) in [4.78, 5) is 4.26. The van der Waals surface area contributed by atoms with Gasteiger partial charge in [-0.05, 0) is 18.6 Å². The summed E-state index contributed by atoms with van der Waals surface area (Å²) in [7, 11) is 0. The fourth-order valence-corrected chi connectivity index (χ4v) is 1.68. The molecule has 0 saturated carbocycles. The molecule has 2 heterocycles. The molecule has 2 rings (SSSR count). The van der Waals surface area contributed by atoms with Gasteiger partial charge in [-0.1, -0.05) is 11.6 Å². The topological polar surface area (TPSA) is 37.5 Å². The first-order valence-corrected chi connectivity index (χ1v) is 4.92. The Morgan fingerprint density at radius 3 is 3.14 bits per heavy atom. The van der Waals surface area contributed by atoms with Crippen LogP contribution in [0.1, 0.15) is 12.2 Å². The summed E-state index contributed by atoms with van der Waals surface area (Å²) in [5, 5.41) is 9.43. The van der Waals surface area contributed by atoms with Gasteiger partial charge in [0.05, 0.1) is 16.7 Å². The van der Waals surface area contributed by atoms with Crippen LogP contribution in [0.3, 0.4) is 0 Å². The maximum Gasteiger partial charge on any atom is 0.113 e. The summed E-state index contributed by atoms with van der Waals surface area (Å²) in [6.45, 7) is 0.190. The normalized spacial score (nSPS) is 11.0. The Bertz CT molecular complexity index is 439. The quantitative estimate of drug-likeness (QED) is 0.841. The van der Waals surface area contributed by atoms with E-state index in [-0.39, 0.29) is 6.61 Å². The Morgan fingerprint density at radius 2 is 2.36 bits per heavy atom. The standard InChI is InChI=1S/C10H11ClN2O/c11-8-3-1-5-13-9(8)7-12-10(13)4-2-6-14/h1,3,5,7,14H,2,4,6H2. The van der Waals surface area contributed by atoms with Crippen LogP contribution in [0.5, 0.6) is 0 Å². The molecule has 0 amide bonds. The van der Waals surface area contributed by atoms with Crippen LogP contribution >= 0.6 is 11.6 Å². The Hall–Kier alpha value is -1.06. The number of fused-ring (bicyclic) bond motifs is 1. The number of rotatable bonds is 3. The fraction of sp³-hybridized carbons (Fsp3) is 0.300. The van der Waals surface area contributed by atoms with E-state index in [2.05, 4.69) is 4.98 Å². The number of imidazole rings is 1. The van der Waals surface area contributed by atoms with Gasteiger partial charge in [0, 0.05) is 19.2 Å². The number of aliphatic hydroxyl groups is 1. The highest BCUT2D eigenvalue weighted by Gasteiger charge is 2.04. The predicted molar refractivity (Wildman–Crippen MR) is 55.6 cm³/mol. The zero-order valence-corrected chi connectivity index (χ0v) is 8.41. The number of nitrogens with zero attached hydrogens (tertiary/aromatic N) is 2. The van der Waals surface area contributed by atoms with Crippen LogP contribution in [0.2, 0.25) is 5.02 Å². The van der Waals surface area contributed by atoms with E-state index in [1.54, 1.807) is 6.20 Å². The van der Waals surface area contributed by atoms with Crippen molar-refractivity contribution in [2.75, 3.05) is 6.61 Å². The SMILES string of the molecule is OCCCc1ncc2c(Cl)cccn12. The predicted octanol–water partition coefficient (Wildman–Crippen LogP) is 1.91.